The summed E-state index contributed by atoms with van der Waals surface area (Å²) in [6.07, 6.45) is 5.58. The molecule has 2 aromatic rings. The van der Waals surface area contributed by atoms with Gasteiger partial charge < -0.3 is 10.1 Å². The van der Waals surface area contributed by atoms with E-state index in [9.17, 15) is 0 Å². The fourth-order valence-electron chi connectivity index (χ4n) is 2.91. The number of hydrogen-bond acceptors (Lipinski definition) is 3. The average molecular weight is 256 g/mol. The summed E-state index contributed by atoms with van der Waals surface area (Å²) in [4.78, 5) is 4.24. The average Bonchev–Trinajstić information content (AvgIpc) is 2.47. The standard InChI is InChI=1S/C16H20N2O/c1-19-16-15-3-2-13(11-14(15)6-9-18-16)10-12-4-7-17-8-5-12/h2-3,6,9,11-12,17H,4-5,7-8,10H2,1H3. The lowest BCUT2D eigenvalue weighted by Gasteiger charge is -2.22. The van der Waals surface area contributed by atoms with Gasteiger partial charge in [0, 0.05) is 11.6 Å². The number of ether oxygens (including phenoxy) is 1. The number of rotatable bonds is 3. The molecule has 1 aliphatic heterocycles. The Hall–Kier alpha value is -1.61. The van der Waals surface area contributed by atoms with Gasteiger partial charge in [-0.05, 0) is 61.4 Å². The highest BCUT2D eigenvalue weighted by Crippen LogP contribution is 2.26. The smallest absolute Gasteiger partial charge is 0.221 e. The summed E-state index contributed by atoms with van der Waals surface area (Å²) in [5.41, 5.74) is 1.42. The Balaban J connectivity index is 1.85. The van der Waals surface area contributed by atoms with Gasteiger partial charge >= 0.3 is 0 Å². The van der Waals surface area contributed by atoms with E-state index >= 15 is 0 Å². The van der Waals surface area contributed by atoms with Crippen molar-refractivity contribution < 1.29 is 4.74 Å². The Morgan fingerprint density at radius 1 is 1.26 bits per heavy atom. The number of aromatic nitrogens is 1. The zero-order chi connectivity index (χ0) is 13.1. The first-order valence-corrected chi connectivity index (χ1v) is 6.99. The SMILES string of the molecule is COc1nccc2cc(CC3CCNCC3)ccc12. The van der Waals surface area contributed by atoms with Crippen LogP contribution in [0.1, 0.15) is 18.4 Å². The van der Waals surface area contributed by atoms with E-state index in [0.29, 0.717) is 5.88 Å². The Morgan fingerprint density at radius 2 is 2.11 bits per heavy atom. The molecule has 0 amide bonds. The van der Waals surface area contributed by atoms with E-state index in [1.165, 1.54) is 30.2 Å². The second-order valence-electron chi connectivity index (χ2n) is 5.27. The number of benzene rings is 1. The van der Waals surface area contributed by atoms with Crippen molar-refractivity contribution in [2.24, 2.45) is 5.92 Å². The molecule has 100 valence electrons. The molecule has 1 fully saturated rings. The number of fused-ring (bicyclic) bond motifs is 1. The molecule has 1 aliphatic rings. The van der Waals surface area contributed by atoms with Crippen LogP contribution in [0.3, 0.4) is 0 Å². The van der Waals surface area contributed by atoms with Gasteiger partial charge in [-0.3, -0.25) is 0 Å². The van der Waals surface area contributed by atoms with E-state index < -0.39 is 0 Å². The maximum atomic E-state index is 5.30. The number of methoxy groups -OCH3 is 1. The highest BCUT2D eigenvalue weighted by atomic mass is 16.5. The van der Waals surface area contributed by atoms with Crippen molar-refractivity contribution in [3.05, 3.63) is 36.0 Å². The zero-order valence-corrected chi connectivity index (χ0v) is 11.4. The van der Waals surface area contributed by atoms with Crippen LogP contribution in [-0.2, 0) is 6.42 Å². The molecule has 0 bridgehead atoms. The maximum absolute atomic E-state index is 5.30. The van der Waals surface area contributed by atoms with Crippen LogP contribution in [0.15, 0.2) is 30.5 Å². The van der Waals surface area contributed by atoms with Crippen LogP contribution in [0.4, 0.5) is 0 Å². The molecule has 0 unspecified atom stereocenters. The highest BCUT2D eigenvalue weighted by Gasteiger charge is 2.14. The summed E-state index contributed by atoms with van der Waals surface area (Å²) in [6.45, 7) is 2.33. The molecule has 1 aromatic carbocycles. The Kier molecular flexibility index (Phi) is 3.65. The number of pyridine rings is 1. The van der Waals surface area contributed by atoms with E-state index in [0.717, 1.165) is 24.4 Å². The Labute approximate surface area is 114 Å². The topological polar surface area (TPSA) is 34.1 Å². The fraction of sp³-hybridized carbons (Fsp3) is 0.438. The first kappa shape index (κ1) is 12.4. The minimum Gasteiger partial charge on any atom is -0.481 e. The van der Waals surface area contributed by atoms with Crippen LogP contribution in [0, 0.1) is 5.92 Å². The van der Waals surface area contributed by atoms with Crippen molar-refractivity contribution in [1.29, 1.82) is 0 Å². The van der Waals surface area contributed by atoms with Crippen molar-refractivity contribution >= 4 is 10.8 Å². The van der Waals surface area contributed by atoms with Gasteiger partial charge in [0.1, 0.15) is 0 Å². The number of nitrogens with zero attached hydrogens (tertiary/aromatic N) is 1. The van der Waals surface area contributed by atoms with Crippen LogP contribution >= 0.6 is 0 Å². The number of hydrogen-bond donors (Lipinski definition) is 1. The van der Waals surface area contributed by atoms with E-state index in [2.05, 4.69) is 34.6 Å². The molecule has 0 aliphatic carbocycles. The van der Waals surface area contributed by atoms with Gasteiger partial charge in [-0.25, -0.2) is 4.98 Å². The first-order chi connectivity index (χ1) is 9.36. The zero-order valence-electron chi connectivity index (χ0n) is 11.4. The van der Waals surface area contributed by atoms with Crippen LogP contribution in [-0.4, -0.2) is 25.2 Å². The second kappa shape index (κ2) is 5.57. The first-order valence-electron chi connectivity index (χ1n) is 6.99. The quantitative estimate of drug-likeness (QED) is 0.917. The van der Waals surface area contributed by atoms with Gasteiger partial charge in [0.05, 0.1) is 7.11 Å². The highest BCUT2D eigenvalue weighted by molar-refractivity contribution is 5.87. The van der Waals surface area contributed by atoms with E-state index in [-0.39, 0.29) is 0 Å². The summed E-state index contributed by atoms with van der Waals surface area (Å²) >= 11 is 0. The van der Waals surface area contributed by atoms with E-state index in [1.54, 1.807) is 7.11 Å². The van der Waals surface area contributed by atoms with Gasteiger partial charge in [-0.15, -0.1) is 0 Å². The molecule has 1 N–H and O–H groups in total. The second-order valence-corrected chi connectivity index (χ2v) is 5.27. The molecular formula is C16H20N2O. The summed E-state index contributed by atoms with van der Waals surface area (Å²) in [5.74, 6) is 1.54. The van der Waals surface area contributed by atoms with Crippen LogP contribution < -0.4 is 10.1 Å². The Bertz CT molecular complexity index is 562. The predicted octanol–water partition coefficient (Wildman–Crippen LogP) is 2.79. The number of nitrogens with one attached hydrogen (secondary N) is 1. The Morgan fingerprint density at radius 3 is 2.89 bits per heavy atom. The summed E-state index contributed by atoms with van der Waals surface area (Å²) in [6, 6.07) is 8.69. The lowest BCUT2D eigenvalue weighted by molar-refractivity contribution is 0.373. The third-order valence-electron chi connectivity index (χ3n) is 3.97. The van der Waals surface area contributed by atoms with Crippen LogP contribution in [0.25, 0.3) is 10.8 Å². The molecule has 2 heterocycles. The molecule has 0 saturated carbocycles. The van der Waals surface area contributed by atoms with Crippen molar-refractivity contribution in [3.8, 4) is 5.88 Å². The summed E-state index contributed by atoms with van der Waals surface area (Å²) in [5, 5.41) is 5.74. The molecule has 3 heteroatoms. The molecule has 1 saturated heterocycles. The molecule has 3 rings (SSSR count). The molecule has 0 atom stereocenters. The molecular weight excluding hydrogens is 236 g/mol. The maximum Gasteiger partial charge on any atom is 0.221 e. The summed E-state index contributed by atoms with van der Waals surface area (Å²) in [7, 11) is 1.67. The van der Waals surface area contributed by atoms with Crippen molar-refractivity contribution in [3.63, 3.8) is 0 Å². The fourth-order valence-corrected chi connectivity index (χ4v) is 2.91. The summed E-state index contributed by atoms with van der Waals surface area (Å²) < 4.78 is 5.30. The number of piperidine rings is 1. The molecule has 19 heavy (non-hydrogen) atoms. The minimum atomic E-state index is 0.714. The van der Waals surface area contributed by atoms with Crippen molar-refractivity contribution in [2.45, 2.75) is 19.3 Å². The van der Waals surface area contributed by atoms with Crippen LogP contribution in [0.2, 0.25) is 0 Å². The predicted molar refractivity (Wildman–Crippen MR) is 77.6 cm³/mol. The third-order valence-corrected chi connectivity index (χ3v) is 3.97. The normalized spacial score (nSPS) is 16.7. The van der Waals surface area contributed by atoms with E-state index in [1.807, 2.05) is 6.20 Å². The third kappa shape index (κ3) is 2.71. The van der Waals surface area contributed by atoms with Crippen LogP contribution in [0.5, 0.6) is 5.88 Å². The lowest BCUT2D eigenvalue weighted by atomic mass is 9.90. The van der Waals surface area contributed by atoms with Crippen molar-refractivity contribution in [2.75, 3.05) is 20.2 Å². The minimum absolute atomic E-state index is 0.714. The van der Waals surface area contributed by atoms with Gasteiger partial charge in [0.15, 0.2) is 0 Å². The van der Waals surface area contributed by atoms with Gasteiger partial charge in [-0.2, -0.15) is 0 Å². The van der Waals surface area contributed by atoms with Gasteiger partial charge in [0.2, 0.25) is 5.88 Å². The monoisotopic (exact) mass is 256 g/mol. The molecule has 1 aromatic heterocycles. The lowest BCUT2D eigenvalue weighted by Crippen LogP contribution is -2.28. The largest absolute Gasteiger partial charge is 0.481 e. The molecule has 0 radical (unpaired) electrons. The van der Waals surface area contributed by atoms with Gasteiger partial charge in [-0.1, -0.05) is 12.1 Å². The van der Waals surface area contributed by atoms with Gasteiger partial charge in [0.25, 0.3) is 0 Å². The molecule has 0 spiro atoms. The molecule has 3 nitrogen and oxygen atoms in total. The van der Waals surface area contributed by atoms with E-state index in [4.69, 9.17) is 4.74 Å². The van der Waals surface area contributed by atoms with Crippen molar-refractivity contribution in [1.82, 2.24) is 10.3 Å².